The molecule has 1 fully saturated rings. The predicted molar refractivity (Wildman–Crippen MR) is 80.1 cm³/mol. The molecule has 1 saturated heterocycles. The number of nitrogens with zero attached hydrogens (tertiary/aromatic N) is 1. The van der Waals surface area contributed by atoms with E-state index in [9.17, 15) is 4.79 Å². The van der Waals surface area contributed by atoms with Crippen molar-refractivity contribution in [3.05, 3.63) is 35.0 Å². The fourth-order valence-electron chi connectivity index (χ4n) is 3.10. The number of fused-ring (bicyclic) bond motifs is 1. The Labute approximate surface area is 123 Å². The molecular formula is C16H18ClNO2. The number of amides is 1. The second-order valence-corrected chi connectivity index (χ2v) is 6.39. The molecule has 1 amide bonds. The molecule has 1 aliphatic rings. The average Bonchev–Trinajstić information content (AvgIpc) is 2.79. The molecular weight excluding hydrogens is 274 g/mol. The number of carbonyl (C=O) groups excluding carboxylic acids is 1. The van der Waals surface area contributed by atoms with Crippen molar-refractivity contribution >= 4 is 28.5 Å². The van der Waals surface area contributed by atoms with E-state index in [1.165, 1.54) is 6.42 Å². The van der Waals surface area contributed by atoms with Gasteiger partial charge in [-0.2, -0.15) is 0 Å². The van der Waals surface area contributed by atoms with E-state index in [1.807, 2.05) is 11.0 Å². The lowest BCUT2D eigenvalue weighted by atomic mass is 9.92. The van der Waals surface area contributed by atoms with Crippen molar-refractivity contribution in [3.63, 3.8) is 0 Å². The van der Waals surface area contributed by atoms with Crippen LogP contribution < -0.4 is 0 Å². The van der Waals surface area contributed by atoms with Crippen LogP contribution in [0.1, 0.15) is 30.8 Å². The molecule has 0 aliphatic carbocycles. The molecule has 4 heteroatoms. The zero-order valence-electron chi connectivity index (χ0n) is 11.7. The average molecular weight is 292 g/mol. The zero-order chi connectivity index (χ0) is 14.3. The van der Waals surface area contributed by atoms with Gasteiger partial charge in [0.15, 0.2) is 5.76 Å². The number of piperidine rings is 1. The Morgan fingerprint density at radius 1 is 1.25 bits per heavy atom. The second-order valence-electron chi connectivity index (χ2n) is 5.95. The van der Waals surface area contributed by atoms with Gasteiger partial charge in [0, 0.05) is 23.5 Å². The summed E-state index contributed by atoms with van der Waals surface area (Å²) < 4.78 is 5.66. The SMILES string of the molecule is CC1CC(C)CN(C(=O)c2cc3cc(Cl)ccc3o2)C1. The number of likely N-dealkylation sites (tertiary alicyclic amines) is 1. The van der Waals surface area contributed by atoms with Crippen molar-refractivity contribution in [2.45, 2.75) is 20.3 Å². The van der Waals surface area contributed by atoms with Crippen LogP contribution in [0.4, 0.5) is 0 Å². The molecule has 3 rings (SSSR count). The lowest BCUT2D eigenvalue weighted by molar-refractivity contribution is 0.0594. The molecule has 1 aliphatic heterocycles. The minimum Gasteiger partial charge on any atom is -0.451 e. The normalized spacial score (nSPS) is 23.2. The third-order valence-electron chi connectivity index (χ3n) is 3.85. The van der Waals surface area contributed by atoms with Crippen LogP contribution in [0.25, 0.3) is 11.0 Å². The van der Waals surface area contributed by atoms with Gasteiger partial charge < -0.3 is 9.32 Å². The van der Waals surface area contributed by atoms with Crippen molar-refractivity contribution < 1.29 is 9.21 Å². The molecule has 0 spiro atoms. The number of carbonyl (C=O) groups is 1. The minimum atomic E-state index is -0.0178. The van der Waals surface area contributed by atoms with Gasteiger partial charge in [-0.05, 0) is 42.5 Å². The summed E-state index contributed by atoms with van der Waals surface area (Å²) in [5.74, 6) is 1.47. The summed E-state index contributed by atoms with van der Waals surface area (Å²) in [5, 5.41) is 1.52. The summed E-state index contributed by atoms with van der Waals surface area (Å²) in [6.07, 6.45) is 1.18. The number of furan rings is 1. The third-order valence-corrected chi connectivity index (χ3v) is 4.08. The van der Waals surface area contributed by atoms with Gasteiger partial charge in [0.1, 0.15) is 5.58 Å². The van der Waals surface area contributed by atoms with E-state index in [-0.39, 0.29) is 5.91 Å². The van der Waals surface area contributed by atoms with Crippen molar-refractivity contribution in [1.82, 2.24) is 4.90 Å². The van der Waals surface area contributed by atoms with Gasteiger partial charge >= 0.3 is 0 Å². The number of benzene rings is 1. The van der Waals surface area contributed by atoms with Crippen LogP contribution in [0.5, 0.6) is 0 Å². The Hall–Kier alpha value is -1.48. The van der Waals surface area contributed by atoms with E-state index in [1.54, 1.807) is 18.2 Å². The summed E-state index contributed by atoms with van der Waals surface area (Å²) >= 11 is 5.96. The number of halogens is 1. The molecule has 1 aromatic heterocycles. The third kappa shape index (κ3) is 2.55. The maximum atomic E-state index is 12.5. The van der Waals surface area contributed by atoms with E-state index >= 15 is 0 Å². The summed E-state index contributed by atoms with van der Waals surface area (Å²) in [6.45, 7) is 5.99. The van der Waals surface area contributed by atoms with Crippen LogP contribution in [0.3, 0.4) is 0 Å². The summed E-state index contributed by atoms with van der Waals surface area (Å²) in [7, 11) is 0. The predicted octanol–water partition coefficient (Wildman–Crippen LogP) is 4.20. The van der Waals surface area contributed by atoms with E-state index < -0.39 is 0 Å². The largest absolute Gasteiger partial charge is 0.451 e. The second kappa shape index (κ2) is 5.13. The van der Waals surface area contributed by atoms with Crippen molar-refractivity contribution in [2.75, 3.05) is 13.1 Å². The van der Waals surface area contributed by atoms with Gasteiger partial charge in [0.2, 0.25) is 0 Å². The van der Waals surface area contributed by atoms with Gasteiger partial charge in [0.05, 0.1) is 0 Å². The maximum absolute atomic E-state index is 12.5. The molecule has 20 heavy (non-hydrogen) atoms. The van der Waals surface area contributed by atoms with Crippen molar-refractivity contribution in [1.29, 1.82) is 0 Å². The highest BCUT2D eigenvalue weighted by Gasteiger charge is 2.27. The molecule has 2 atom stereocenters. The monoisotopic (exact) mass is 291 g/mol. The fourth-order valence-corrected chi connectivity index (χ4v) is 3.28. The van der Waals surface area contributed by atoms with Gasteiger partial charge in [-0.15, -0.1) is 0 Å². The lowest BCUT2D eigenvalue weighted by Gasteiger charge is -2.34. The van der Waals surface area contributed by atoms with Crippen LogP contribution in [0, 0.1) is 11.8 Å². The highest BCUT2D eigenvalue weighted by Crippen LogP contribution is 2.26. The molecule has 0 N–H and O–H groups in total. The topological polar surface area (TPSA) is 33.5 Å². The van der Waals surface area contributed by atoms with Crippen LogP contribution >= 0.6 is 11.6 Å². The molecule has 1 aromatic carbocycles. The summed E-state index contributed by atoms with van der Waals surface area (Å²) in [4.78, 5) is 14.4. The van der Waals surface area contributed by atoms with E-state index in [0.29, 0.717) is 28.2 Å². The highest BCUT2D eigenvalue weighted by atomic mass is 35.5. The Morgan fingerprint density at radius 2 is 1.95 bits per heavy atom. The van der Waals surface area contributed by atoms with Crippen LogP contribution in [0.2, 0.25) is 5.02 Å². The van der Waals surface area contributed by atoms with Gasteiger partial charge in [-0.25, -0.2) is 0 Å². The Balaban J connectivity index is 1.88. The van der Waals surface area contributed by atoms with Gasteiger partial charge in [-0.3, -0.25) is 4.79 Å². The van der Waals surface area contributed by atoms with Crippen LogP contribution in [-0.4, -0.2) is 23.9 Å². The molecule has 2 unspecified atom stereocenters. The first-order valence-corrected chi connectivity index (χ1v) is 7.39. The van der Waals surface area contributed by atoms with Gasteiger partial charge in [0.25, 0.3) is 5.91 Å². The van der Waals surface area contributed by atoms with Crippen LogP contribution in [-0.2, 0) is 0 Å². The number of hydrogen-bond donors (Lipinski definition) is 0. The molecule has 2 aromatic rings. The Kier molecular flexibility index (Phi) is 3.47. The zero-order valence-corrected chi connectivity index (χ0v) is 12.5. The van der Waals surface area contributed by atoms with E-state index in [4.69, 9.17) is 16.0 Å². The molecule has 0 bridgehead atoms. The maximum Gasteiger partial charge on any atom is 0.289 e. The Morgan fingerprint density at radius 3 is 2.65 bits per heavy atom. The molecule has 2 heterocycles. The minimum absolute atomic E-state index is 0.0178. The standard InChI is InChI=1S/C16H18ClNO2/c1-10-5-11(2)9-18(8-10)16(19)15-7-12-6-13(17)3-4-14(12)20-15/h3-4,6-7,10-11H,5,8-9H2,1-2H3. The number of hydrogen-bond acceptors (Lipinski definition) is 2. The molecule has 0 radical (unpaired) electrons. The van der Waals surface area contributed by atoms with E-state index in [0.717, 1.165) is 18.5 Å². The van der Waals surface area contributed by atoms with Crippen molar-refractivity contribution in [3.8, 4) is 0 Å². The van der Waals surface area contributed by atoms with Crippen molar-refractivity contribution in [2.24, 2.45) is 11.8 Å². The van der Waals surface area contributed by atoms with Gasteiger partial charge in [-0.1, -0.05) is 25.4 Å². The quantitative estimate of drug-likeness (QED) is 0.789. The van der Waals surface area contributed by atoms with Crippen LogP contribution in [0.15, 0.2) is 28.7 Å². The van der Waals surface area contributed by atoms with E-state index in [2.05, 4.69) is 13.8 Å². The smallest absolute Gasteiger partial charge is 0.289 e. The first-order chi connectivity index (χ1) is 9.52. The first-order valence-electron chi connectivity index (χ1n) is 7.01. The summed E-state index contributed by atoms with van der Waals surface area (Å²) in [5.41, 5.74) is 0.704. The first kappa shape index (κ1) is 13.5. The molecule has 106 valence electrons. The Bertz CT molecular complexity index is 639. The fraction of sp³-hybridized carbons (Fsp3) is 0.438. The lowest BCUT2D eigenvalue weighted by Crippen LogP contribution is -2.42. The summed E-state index contributed by atoms with van der Waals surface area (Å²) in [6, 6.07) is 7.18. The molecule has 3 nitrogen and oxygen atoms in total. The highest BCUT2D eigenvalue weighted by molar-refractivity contribution is 6.31. The molecule has 0 saturated carbocycles. The number of rotatable bonds is 1.